The number of aromatic nitrogens is 1. The van der Waals surface area contributed by atoms with Gasteiger partial charge < -0.3 is 15.1 Å². The highest BCUT2D eigenvalue weighted by Gasteiger charge is 2.24. The van der Waals surface area contributed by atoms with Crippen molar-refractivity contribution in [3.05, 3.63) is 53.7 Å². The summed E-state index contributed by atoms with van der Waals surface area (Å²) in [5, 5.41) is 6.79. The van der Waals surface area contributed by atoms with Gasteiger partial charge in [0.2, 0.25) is 0 Å². The van der Waals surface area contributed by atoms with Crippen molar-refractivity contribution in [1.82, 2.24) is 20.5 Å². The van der Waals surface area contributed by atoms with Crippen molar-refractivity contribution >= 4 is 29.9 Å². The summed E-state index contributed by atoms with van der Waals surface area (Å²) in [5.41, 5.74) is 2.03. The van der Waals surface area contributed by atoms with Gasteiger partial charge in [-0.05, 0) is 57.1 Å². The molecule has 2 aromatic heterocycles. The molecule has 27 heavy (non-hydrogen) atoms. The summed E-state index contributed by atoms with van der Waals surface area (Å²) in [6.07, 6.45) is 5.58. The Bertz CT molecular complexity index is 698. The molecule has 2 aromatic rings. The molecule has 0 aliphatic carbocycles. The van der Waals surface area contributed by atoms with Gasteiger partial charge in [0.1, 0.15) is 5.76 Å². The first-order valence-corrected chi connectivity index (χ1v) is 9.41. The summed E-state index contributed by atoms with van der Waals surface area (Å²) in [5.74, 6) is 1.79. The van der Waals surface area contributed by atoms with Gasteiger partial charge >= 0.3 is 0 Å². The molecule has 0 bridgehead atoms. The first kappa shape index (κ1) is 21.7. The minimum Gasteiger partial charge on any atom is -0.468 e. The van der Waals surface area contributed by atoms with Crippen molar-refractivity contribution in [2.75, 3.05) is 26.7 Å². The number of hydrogen-bond acceptors (Lipinski definition) is 4. The monoisotopic (exact) mass is 483 g/mol. The molecule has 0 saturated carbocycles. The van der Waals surface area contributed by atoms with Gasteiger partial charge in [0.15, 0.2) is 5.96 Å². The third kappa shape index (κ3) is 6.49. The maximum atomic E-state index is 5.71. The van der Waals surface area contributed by atoms with E-state index >= 15 is 0 Å². The second-order valence-electron chi connectivity index (χ2n) is 6.70. The number of nitrogens with one attached hydrogen (secondary N) is 2. The number of hydrogen-bond donors (Lipinski definition) is 2. The van der Waals surface area contributed by atoms with Crippen molar-refractivity contribution in [1.29, 1.82) is 0 Å². The fraction of sp³-hybridized carbons (Fsp3) is 0.500. The lowest BCUT2D eigenvalue weighted by Crippen LogP contribution is -2.44. The van der Waals surface area contributed by atoms with Crippen LogP contribution in [0.1, 0.15) is 42.5 Å². The van der Waals surface area contributed by atoms with Crippen molar-refractivity contribution in [2.24, 2.45) is 4.99 Å². The Morgan fingerprint density at radius 3 is 2.67 bits per heavy atom. The number of likely N-dealkylation sites (tertiary alicyclic amines) is 1. The Morgan fingerprint density at radius 1 is 1.19 bits per heavy atom. The molecule has 0 spiro atoms. The molecule has 3 rings (SSSR count). The number of aryl methyl sites for hydroxylation is 1. The largest absolute Gasteiger partial charge is 0.468 e. The Labute approximate surface area is 178 Å². The number of halogens is 1. The van der Waals surface area contributed by atoms with Crippen molar-refractivity contribution in [2.45, 2.75) is 38.8 Å². The van der Waals surface area contributed by atoms with Crippen LogP contribution in [-0.4, -0.2) is 42.5 Å². The molecule has 1 saturated heterocycles. The quantitative estimate of drug-likeness (QED) is 0.374. The lowest BCUT2D eigenvalue weighted by atomic mass is 10.1. The van der Waals surface area contributed by atoms with Crippen molar-refractivity contribution in [3.8, 4) is 0 Å². The predicted octanol–water partition coefficient (Wildman–Crippen LogP) is 3.49. The van der Waals surface area contributed by atoms with Gasteiger partial charge in [-0.1, -0.05) is 12.5 Å². The molecule has 1 fully saturated rings. The molecule has 2 N–H and O–H groups in total. The molecule has 7 heteroatoms. The zero-order chi connectivity index (χ0) is 18.2. The molecule has 1 unspecified atom stereocenters. The van der Waals surface area contributed by atoms with E-state index in [-0.39, 0.29) is 30.0 Å². The Morgan fingerprint density at radius 2 is 2.00 bits per heavy atom. The fourth-order valence-corrected chi connectivity index (χ4v) is 3.41. The fourth-order valence-electron chi connectivity index (χ4n) is 3.41. The van der Waals surface area contributed by atoms with Gasteiger partial charge in [0, 0.05) is 19.3 Å². The highest BCUT2D eigenvalue weighted by atomic mass is 127. The average molecular weight is 483 g/mol. The van der Waals surface area contributed by atoms with Crippen LogP contribution >= 0.6 is 24.0 Å². The van der Waals surface area contributed by atoms with Crippen LogP contribution in [0, 0.1) is 6.92 Å². The molecule has 0 aromatic carbocycles. The first-order valence-electron chi connectivity index (χ1n) is 9.41. The third-order valence-electron chi connectivity index (χ3n) is 4.77. The van der Waals surface area contributed by atoms with Gasteiger partial charge in [-0.15, -0.1) is 24.0 Å². The minimum absolute atomic E-state index is 0. The molecule has 0 amide bonds. The SMILES string of the molecule is CN=C(NCc1cccc(C)n1)NCC(c1ccco1)N1CCCCC1.I. The minimum atomic E-state index is 0. The topological polar surface area (TPSA) is 65.7 Å². The molecule has 6 nitrogen and oxygen atoms in total. The maximum absolute atomic E-state index is 5.71. The summed E-state index contributed by atoms with van der Waals surface area (Å²) < 4.78 is 5.71. The summed E-state index contributed by atoms with van der Waals surface area (Å²) in [4.78, 5) is 11.4. The molecule has 1 atom stereocenters. The molecular weight excluding hydrogens is 453 g/mol. The molecule has 1 aliphatic rings. The van der Waals surface area contributed by atoms with Crippen molar-refractivity contribution in [3.63, 3.8) is 0 Å². The molecule has 1 aliphatic heterocycles. The highest BCUT2D eigenvalue weighted by molar-refractivity contribution is 14.0. The summed E-state index contributed by atoms with van der Waals surface area (Å²) in [6.45, 7) is 5.65. The van der Waals surface area contributed by atoms with Crippen LogP contribution in [-0.2, 0) is 6.54 Å². The standard InChI is InChI=1S/C20H29N5O.HI/c1-16-8-6-9-17(24-16)14-22-20(21-2)23-15-18(19-10-7-13-26-19)25-11-4-3-5-12-25;/h6-10,13,18H,3-5,11-12,14-15H2,1-2H3,(H2,21,22,23);1H. The zero-order valence-electron chi connectivity index (χ0n) is 16.1. The normalized spacial score (nSPS) is 16.4. The molecule has 3 heterocycles. The lowest BCUT2D eigenvalue weighted by Gasteiger charge is -2.33. The number of aliphatic imine (C=N–C) groups is 1. The van der Waals surface area contributed by atoms with Crippen LogP contribution in [0.25, 0.3) is 0 Å². The van der Waals surface area contributed by atoms with E-state index in [2.05, 4.69) is 31.6 Å². The Kier molecular flexibility index (Phi) is 9.06. The summed E-state index contributed by atoms with van der Waals surface area (Å²) in [7, 11) is 1.79. The van der Waals surface area contributed by atoms with E-state index in [9.17, 15) is 0 Å². The van der Waals surface area contributed by atoms with Crippen LogP contribution in [0.3, 0.4) is 0 Å². The smallest absolute Gasteiger partial charge is 0.191 e. The number of guanidine groups is 1. The summed E-state index contributed by atoms with van der Waals surface area (Å²) >= 11 is 0. The molecular formula is C20H30IN5O. The van der Waals surface area contributed by atoms with Gasteiger partial charge in [0.05, 0.1) is 24.5 Å². The third-order valence-corrected chi connectivity index (χ3v) is 4.77. The predicted molar refractivity (Wildman–Crippen MR) is 119 cm³/mol. The van der Waals surface area contributed by atoms with E-state index in [4.69, 9.17) is 4.42 Å². The Hall–Kier alpha value is -1.61. The van der Waals surface area contributed by atoms with E-state index < -0.39 is 0 Å². The number of furan rings is 1. The number of pyridine rings is 1. The van der Waals surface area contributed by atoms with Gasteiger partial charge in [-0.3, -0.25) is 14.9 Å². The van der Waals surface area contributed by atoms with E-state index in [0.29, 0.717) is 6.54 Å². The van der Waals surface area contributed by atoms with Crippen LogP contribution in [0.15, 0.2) is 46.0 Å². The van der Waals surface area contributed by atoms with Gasteiger partial charge in [-0.25, -0.2) is 0 Å². The van der Waals surface area contributed by atoms with Gasteiger partial charge in [0.25, 0.3) is 0 Å². The zero-order valence-corrected chi connectivity index (χ0v) is 18.5. The van der Waals surface area contributed by atoms with Crippen molar-refractivity contribution < 1.29 is 4.42 Å². The van der Waals surface area contributed by atoms with E-state index in [0.717, 1.165) is 42.7 Å². The second kappa shape index (κ2) is 11.3. The van der Waals surface area contributed by atoms with Crippen LogP contribution in [0.4, 0.5) is 0 Å². The number of nitrogens with zero attached hydrogens (tertiary/aromatic N) is 3. The maximum Gasteiger partial charge on any atom is 0.191 e. The van der Waals surface area contributed by atoms with Crippen LogP contribution < -0.4 is 10.6 Å². The molecule has 148 valence electrons. The van der Waals surface area contributed by atoms with Crippen LogP contribution in [0.5, 0.6) is 0 Å². The lowest BCUT2D eigenvalue weighted by molar-refractivity contribution is 0.146. The van der Waals surface area contributed by atoms with E-state index in [1.54, 1.807) is 13.3 Å². The number of piperidine rings is 1. The molecule has 0 radical (unpaired) electrons. The first-order chi connectivity index (χ1) is 12.8. The second-order valence-corrected chi connectivity index (χ2v) is 6.70. The highest BCUT2D eigenvalue weighted by Crippen LogP contribution is 2.24. The van der Waals surface area contributed by atoms with E-state index in [1.807, 2.05) is 31.2 Å². The average Bonchev–Trinajstić information content (AvgIpc) is 3.20. The number of rotatable bonds is 6. The summed E-state index contributed by atoms with van der Waals surface area (Å²) in [6, 6.07) is 10.3. The van der Waals surface area contributed by atoms with E-state index in [1.165, 1.54) is 19.3 Å². The van der Waals surface area contributed by atoms with Crippen LogP contribution in [0.2, 0.25) is 0 Å². The van der Waals surface area contributed by atoms with Gasteiger partial charge in [-0.2, -0.15) is 0 Å². The Balaban J connectivity index is 0.00000261.